The van der Waals surface area contributed by atoms with Crippen molar-refractivity contribution in [2.45, 2.75) is 64.2 Å². The van der Waals surface area contributed by atoms with Crippen LogP contribution in [0.15, 0.2) is 194 Å². The molecule has 1 atom stereocenters. The van der Waals surface area contributed by atoms with Gasteiger partial charge in [-0.3, -0.25) is 0 Å². The van der Waals surface area contributed by atoms with Gasteiger partial charge in [0.05, 0.1) is 0 Å². The van der Waals surface area contributed by atoms with Crippen LogP contribution in [0.3, 0.4) is 0 Å². The van der Waals surface area contributed by atoms with Crippen LogP contribution in [0, 0.1) is 0 Å². The summed E-state index contributed by atoms with van der Waals surface area (Å²) in [5, 5.41) is 5.21. The summed E-state index contributed by atoms with van der Waals surface area (Å²) in [5.41, 5.74) is 18.7. The van der Waals surface area contributed by atoms with Gasteiger partial charge >= 0.3 is 0 Å². The van der Waals surface area contributed by atoms with E-state index in [2.05, 4.69) is 229 Å². The van der Waals surface area contributed by atoms with E-state index in [1.54, 1.807) is 0 Å². The van der Waals surface area contributed by atoms with Crippen LogP contribution < -0.4 is 0 Å². The molecule has 0 aliphatic heterocycles. The molecule has 0 aromatic heterocycles. The Hall–Kier alpha value is -6.50. The molecule has 60 heavy (non-hydrogen) atoms. The summed E-state index contributed by atoms with van der Waals surface area (Å²) < 4.78 is 0. The van der Waals surface area contributed by atoms with Crippen molar-refractivity contribution < 1.29 is 0 Å². The molecule has 1 aliphatic carbocycles. The highest BCUT2D eigenvalue weighted by molar-refractivity contribution is 6.13. The second-order valence-corrected chi connectivity index (χ2v) is 18.5. The van der Waals surface area contributed by atoms with Crippen molar-refractivity contribution in [2.75, 3.05) is 0 Å². The molecule has 0 spiro atoms. The monoisotopic (exact) mass is 772 g/mol. The summed E-state index contributed by atoms with van der Waals surface area (Å²) in [6.45, 7) is 11.7. The zero-order chi connectivity index (χ0) is 41.0. The van der Waals surface area contributed by atoms with Crippen LogP contribution in [0.1, 0.15) is 80.3 Å². The molecule has 10 rings (SSSR count). The van der Waals surface area contributed by atoms with Gasteiger partial charge in [0.2, 0.25) is 0 Å². The smallest absolute Gasteiger partial charge is 0.0159 e. The van der Waals surface area contributed by atoms with E-state index in [1.807, 2.05) is 0 Å². The molecule has 0 bridgehead atoms. The van der Waals surface area contributed by atoms with Crippen LogP contribution in [0.25, 0.3) is 66.1 Å². The second-order valence-electron chi connectivity index (χ2n) is 18.5. The fourth-order valence-corrected chi connectivity index (χ4v) is 9.85. The molecule has 1 unspecified atom stereocenters. The normalized spacial score (nSPS) is 13.6. The van der Waals surface area contributed by atoms with Crippen LogP contribution >= 0.6 is 0 Å². The Morgan fingerprint density at radius 3 is 1.57 bits per heavy atom. The maximum atomic E-state index is 2.52. The SMILES string of the molecule is CC(C)(C)c1ccc(C(CCc2ccc3c(c2)C(C)(C)c2cc(-c4cc5ccccc5c5ccccc45)ccc2-3)c2ccc(-c3ccc(-c4ccccc4)cc3)cc2)cc1. The number of aryl methyl sites for hydroxylation is 1. The second kappa shape index (κ2) is 15.0. The summed E-state index contributed by atoms with van der Waals surface area (Å²) in [7, 11) is 0. The third-order valence-corrected chi connectivity index (χ3v) is 13.4. The topological polar surface area (TPSA) is 0 Å². The highest BCUT2D eigenvalue weighted by Gasteiger charge is 2.36. The van der Waals surface area contributed by atoms with E-state index in [-0.39, 0.29) is 16.7 Å². The van der Waals surface area contributed by atoms with Gasteiger partial charge in [-0.2, -0.15) is 0 Å². The van der Waals surface area contributed by atoms with E-state index in [0.29, 0.717) is 0 Å². The third-order valence-electron chi connectivity index (χ3n) is 13.4. The standard InChI is InChI=1S/C60H52/c1-59(2,3)49-32-29-46(30-33-49)50(45-27-25-44(26-28-45)43-23-21-42(22-24-43)41-13-7-6-8-14-41)34-19-40-20-35-54-55-36-31-48(39-58(55)60(4,5)57(54)37-40)56-38-47-15-9-10-16-51(47)52-17-11-12-18-53(52)56/h6-18,20-33,35-39,50H,19,34H2,1-5H3. The van der Waals surface area contributed by atoms with Crippen LogP contribution in [-0.4, -0.2) is 0 Å². The maximum Gasteiger partial charge on any atom is 0.0159 e. The van der Waals surface area contributed by atoms with Gasteiger partial charge in [0.15, 0.2) is 0 Å². The lowest BCUT2D eigenvalue weighted by Crippen LogP contribution is -2.15. The Kier molecular flexibility index (Phi) is 9.41. The molecule has 0 saturated heterocycles. The predicted molar refractivity (Wildman–Crippen MR) is 257 cm³/mol. The summed E-state index contributed by atoms with van der Waals surface area (Å²) in [6, 6.07) is 72.9. The number of fused-ring (bicyclic) bond motifs is 6. The molecule has 0 heterocycles. The average molecular weight is 773 g/mol. The van der Waals surface area contributed by atoms with Crippen molar-refractivity contribution in [3.05, 3.63) is 228 Å². The van der Waals surface area contributed by atoms with E-state index >= 15 is 0 Å². The molecule has 0 amide bonds. The minimum Gasteiger partial charge on any atom is -0.0622 e. The Morgan fingerprint density at radius 2 is 0.917 bits per heavy atom. The highest BCUT2D eigenvalue weighted by atomic mass is 14.4. The summed E-state index contributed by atoms with van der Waals surface area (Å²) in [4.78, 5) is 0. The first-order valence-electron chi connectivity index (χ1n) is 21.7. The Bertz CT molecular complexity index is 2990. The summed E-state index contributed by atoms with van der Waals surface area (Å²) in [6.07, 6.45) is 2.04. The van der Waals surface area contributed by atoms with Crippen LogP contribution in [-0.2, 0) is 17.3 Å². The number of benzene rings is 9. The number of hydrogen-bond acceptors (Lipinski definition) is 0. The molecule has 292 valence electrons. The molecule has 0 fully saturated rings. The van der Waals surface area contributed by atoms with Crippen LogP contribution in [0.5, 0.6) is 0 Å². The van der Waals surface area contributed by atoms with Gasteiger partial charge in [-0.05, 0) is 130 Å². The first-order chi connectivity index (χ1) is 29.1. The lowest BCUT2D eigenvalue weighted by molar-refractivity contribution is 0.589. The molecule has 1 aliphatic rings. The largest absolute Gasteiger partial charge is 0.0622 e. The molecular formula is C60H52. The number of rotatable bonds is 8. The zero-order valence-electron chi connectivity index (χ0n) is 35.5. The van der Waals surface area contributed by atoms with Crippen molar-refractivity contribution in [3.63, 3.8) is 0 Å². The zero-order valence-corrected chi connectivity index (χ0v) is 35.5. The third kappa shape index (κ3) is 6.85. The quantitative estimate of drug-likeness (QED) is 0.135. The van der Waals surface area contributed by atoms with Gasteiger partial charge in [-0.25, -0.2) is 0 Å². The van der Waals surface area contributed by atoms with Gasteiger partial charge in [0.1, 0.15) is 0 Å². The minimum absolute atomic E-state index is 0.110. The van der Waals surface area contributed by atoms with Crippen molar-refractivity contribution in [3.8, 4) is 44.5 Å². The summed E-state index contributed by atoms with van der Waals surface area (Å²) in [5.74, 6) is 0.284. The van der Waals surface area contributed by atoms with Gasteiger partial charge in [0.25, 0.3) is 0 Å². The number of hydrogen-bond donors (Lipinski definition) is 0. The first-order valence-corrected chi connectivity index (χ1v) is 21.7. The molecule has 0 heteroatoms. The van der Waals surface area contributed by atoms with E-state index in [1.165, 1.54) is 99.4 Å². The molecule has 0 saturated carbocycles. The molecule has 9 aromatic rings. The molecule has 9 aromatic carbocycles. The predicted octanol–water partition coefficient (Wildman–Crippen LogP) is 16.4. The lowest BCUT2D eigenvalue weighted by atomic mass is 9.80. The first kappa shape index (κ1) is 37.7. The van der Waals surface area contributed by atoms with E-state index in [9.17, 15) is 0 Å². The van der Waals surface area contributed by atoms with E-state index in [0.717, 1.165) is 12.8 Å². The Labute approximate surface area is 356 Å². The molecule has 0 radical (unpaired) electrons. The Morgan fingerprint density at radius 1 is 0.417 bits per heavy atom. The lowest BCUT2D eigenvalue weighted by Gasteiger charge is -2.24. The minimum atomic E-state index is -0.110. The Balaban J connectivity index is 0.940. The fourth-order valence-electron chi connectivity index (χ4n) is 9.85. The molecule has 0 nitrogen and oxygen atoms in total. The van der Waals surface area contributed by atoms with Crippen molar-refractivity contribution in [2.24, 2.45) is 0 Å². The van der Waals surface area contributed by atoms with Crippen molar-refractivity contribution >= 4 is 21.5 Å². The van der Waals surface area contributed by atoms with E-state index < -0.39 is 0 Å². The molecule has 0 N–H and O–H groups in total. The fraction of sp³-hybridized carbons (Fsp3) is 0.167. The average Bonchev–Trinajstić information content (AvgIpc) is 3.51. The van der Waals surface area contributed by atoms with Gasteiger partial charge in [0, 0.05) is 11.3 Å². The van der Waals surface area contributed by atoms with Gasteiger partial charge in [-0.1, -0.05) is 217 Å². The maximum absolute atomic E-state index is 2.52. The molecular weight excluding hydrogens is 721 g/mol. The van der Waals surface area contributed by atoms with Crippen LogP contribution in [0.4, 0.5) is 0 Å². The van der Waals surface area contributed by atoms with E-state index in [4.69, 9.17) is 0 Å². The summed E-state index contributed by atoms with van der Waals surface area (Å²) >= 11 is 0. The van der Waals surface area contributed by atoms with Crippen LogP contribution in [0.2, 0.25) is 0 Å². The van der Waals surface area contributed by atoms with Gasteiger partial charge in [-0.15, -0.1) is 0 Å². The van der Waals surface area contributed by atoms with Crippen molar-refractivity contribution in [1.29, 1.82) is 0 Å². The van der Waals surface area contributed by atoms with Crippen molar-refractivity contribution in [1.82, 2.24) is 0 Å². The van der Waals surface area contributed by atoms with Gasteiger partial charge < -0.3 is 0 Å². The highest BCUT2D eigenvalue weighted by Crippen LogP contribution is 2.51.